The number of imidazole rings is 1. The van der Waals surface area contributed by atoms with Crippen LogP contribution in [-0.2, 0) is 5.41 Å². The molecule has 1 aromatic rings. The van der Waals surface area contributed by atoms with E-state index in [1.54, 1.807) is 0 Å². The monoisotopic (exact) mass is 235 g/mol. The Bertz CT molecular complexity index is 354. The van der Waals surface area contributed by atoms with Gasteiger partial charge >= 0.3 is 0 Å². The molecule has 0 atom stereocenters. The van der Waals surface area contributed by atoms with E-state index in [9.17, 15) is 0 Å². The second-order valence-corrected chi connectivity index (χ2v) is 6.23. The summed E-state index contributed by atoms with van der Waals surface area (Å²) in [5.41, 5.74) is 1.56. The number of hydrogen-bond donors (Lipinski definition) is 1. The van der Waals surface area contributed by atoms with Crippen LogP contribution >= 0.6 is 0 Å². The molecule has 96 valence electrons. The SMILES string of the molecule is CNC1CCC(n2cncc2C(C)(C)C)CC1. The fourth-order valence-electron chi connectivity index (χ4n) is 2.82. The standard InChI is InChI=1S/C14H25N3/c1-14(2,3)13-9-16-10-17(13)12-7-5-11(15-4)6-8-12/h9-12,15H,5-8H2,1-4H3. The fraction of sp³-hybridized carbons (Fsp3) is 0.786. The Morgan fingerprint density at radius 3 is 2.41 bits per heavy atom. The van der Waals surface area contributed by atoms with E-state index in [1.165, 1.54) is 31.4 Å². The maximum atomic E-state index is 4.35. The van der Waals surface area contributed by atoms with Gasteiger partial charge in [-0.25, -0.2) is 4.98 Å². The predicted molar refractivity (Wildman–Crippen MR) is 71.3 cm³/mol. The molecule has 2 rings (SSSR count). The summed E-state index contributed by atoms with van der Waals surface area (Å²) < 4.78 is 2.41. The molecule has 0 unspecified atom stereocenters. The van der Waals surface area contributed by atoms with Crippen LogP contribution in [0.3, 0.4) is 0 Å². The van der Waals surface area contributed by atoms with Gasteiger partial charge in [-0.05, 0) is 32.7 Å². The molecule has 0 amide bonds. The Morgan fingerprint density at radius 1 is 1.24 bits per heavy atom. The summed E-state index contributed by atoms with van der Waals surface area (Å²) in [7, 11) is 2.07. The van der Waals surface area contributed by atoms with E-state index < -0.39 is 0 Å². The summed E-state index contributed by atoms with van der Waals surface area (Å²) in [6.45, 7) is 6.79. The maximum absolute atomic E-state index is 4.35. The van der Waals surface area contributed by atoms with Crippen LogP contribution in [-0.4, -0.2) is 22.6 Å². The third-order valence-corrected chi connectivity index (χ3v) is 3.93. The van der Waals surface area contributed by atoms with E-state index in [0.717, 1.165) is 0 Å². The van der Waals surface area contributed by atoms with E-state index in [-0.39, 0.29) is 5.41 Å². The highest BCUT2D eigenvalue weighted by Gasteiger charge is 2.26. The molecular weight excluding hydrogens is 210 g/mol. The first-order chi connectivity index (χ1) is 8.02. The Morgan fingerprint density at radius 2 is 1.88 bits per heavy atom. The average molecular weight is 235 g/mol. The average Bonchev–Trinajstić information content (AvgIpc) is 2.78. The van der Waals surface area contributed by atoms with Crippen molar-refractivity contribution >= 4 is 0 Å². The van der Waals surface area contributed by atoms with Crippen molar-refractivity contribution in [1.29, 1.82) is 0 Å². The molecule has 0 bridgehead atoms. The predicted octanol–water partition coefficient (Wildman–Crippen LogP) is 2.88. The minimum Gasteiger partial charge on any atom is -0.331 e. The molecule has 0 aromatic carbocycles. The molecule has 3 nitrogen and oxygen atoms in total. The van der Waals surface area contributed by atoms with Crippen LogP contribution in [0.4, 0.5) is 0 Å². The molecule has 0 aliphatic heterocycles. The lowest BCUT2D eigenvalue weighted by molar-refractivity contribution is 0.289. The first-order valence-corrected chi connectivity index (χ1v) is 6.72. The van der Waals surface area contributed by atoms with Gasteiger partial charge < -0.3 is 9.88 Å². The zero-order valence-electron chi connectivity index (χ0n) is 11.5. The van der Waals surface area contributed by atoms with Gasteiger partial charge in [0, 0.05) is 29.4 Å². The Hall–Kier alpha value is -0.830. The molecule has 1 saturated carbocycles. The largest absolute Gasteiger partial charge is 0.331 e. The molecule has 17 heavy (non-hydrogen) atoms. The van der Waals surface area contributed by atoms with Crippen LogP contribution in [0.15, 0.2) is 12.5 Å². The van der Waals surface area contributed by atoms with Gasteiger partial charge in [0.05, 0.1) is 6.33 Å². The summed E-state index contributed by atoms with van der Waals surface area (Å²) in [6, 6.07) is 1.36. The lowest BCUT2D eigenvalue weighted by Gasteiger charge is -2.32. The number of hydrogen-bond acceptors (Lipinski definition) is 2. The zero-order valence-corrected chi connectivity index (χ0v) is 11.5. The molecule has 0 radical (unpaired) electrons. The van der Waals surface area contributed by atoms with E-state index in [2.05, 4.69) is 42.7 Å². The zero-order chi connectivity index (χ0) is 12.5. The van der Waals surface area contributed by atoms with Crippen LogP contribution in [0.2, 0.25) is 0 Å². The molecule has 1 aliphatic rings. The van der Waals surface area contributed by atoms with Gasteiger partial charge in [0.15, 0.2) is 0 Å². The Balaban J connectivity index is 2.11. The van der Waals surface area contributed by atoms with Crippen molar-refractivity contribution in [2.24, 2.45) is 0 Å². The van der Waals surface area contributed by atoms with Crippen molar-refractivity contribution in [2.45, 2.75) is 64.0 Å². The lowest BCUT2D eigenvalue weighted by Crippen LogP contribution is -2.32. The highest BCUT2D eigenvalue weighted by atomic mass is 15.1. The third kappa shape index (κ3) is 2.71. The van der Waals surface area contributed by atoms with E-state index in [0.29, 0.717) is 12.1 Å². The summed E-state index contributed by atoms with van der Waals surface area (Å²) in [5, 5.41) is 3.39. The quantitative estimate of drug-likeness (QED) is 0.854. The fourth-order valence-corrected chi connectivity index (χ4v) is 2.82. The minimum absolute atomic E-state index is 0.191. The Kier molecular flexibility index (Phi) is 3.57. The molecule has 0 spiro atoms. The second kappa shape index (κ2) is 4.81. The Labute approximate surface area is 105 Å². The summed E-state index contributed by atoms with van der Waals surface area (Å²) in [4.78, 5) is 4.35. The molecule has 1 fully saturated rings. The van der Waals surface area contributed by atoms with Crippen LogP contribution < -0.4 is 5.32 Å². The van der Waals surface area contributed by atoms with Gasteiger partial charge in [0.25, 0.3) is 0 Å². The molecule has 1 N–H and O–H groups in total. The molecule has 3 heteroatoms. The minimum atomic E-state index is 0.191. The van der Waals surface area contributed by atoms with Crippen LogP contribution in [0.1, 0.15) is 58.2 Å². The number of aromatic nitrogens is 2. The molecule has 1 aliphatic carbocycles. The number of nitrogens with zero attached hydrogens (tertiary/aromatic N) is 2. The van der Waals surface area contributed by atoms with Gasteiger partial charge in [0.1, 0.15) is 0 Å². The van der Waals surface area contributed by atoms with Gasteiger partial charge in [0.2, 0.25) is 0 Å². The lowest BCUT2D eigenvalue weighted by atomic mass is 9.88. The van der Waals surface area contributed by atoms with Gasteiger partial charge in [-0.2, -0.15) is 0 Å². The molecule has 1 aromatic heterocycles. The normalized spacial score (nSPS) is 26.1. The topological polar surface area (TPSA) is 29.9 Å². The highest BCUT2D eigenvalue weighted by Crippen LogP contribution is 2.32. The summed E-state index contributed by atoms with van der Waals surface area (Å²) >= 11 is 0. The van der Waals surface area contributed by atoms with Crippen molar-refractivity contribution in [2.75, 3.05) is 7.05 Å². The first kappa shape index (κ1) is 12.6. The second-order valence-electron chi connectivity index (χ2n) is 6.23. The van der Waals surface area contributed by atoms with Crippen molar-refractivity contribution < 1.29 is 0 Å². The van der Waals surface area contributed by atoms with E-state index >= 15 is 0 Å². The summed E-state index contributed by atoms with van der Waals surface area (Å²) in [5.74, 6) is 0. The van der Waals surface area contributed by atoms with Crippen molar-refractivity contribution in [3.05, 3.63) is 18.2 Å². The molecular formula is C14H25N3. The van der Waals surface area contributed by atoms with Crippen LogP contribution in [0.25, 0.3) is 0 Å². The van der Waals surface area contributed by atoms with E-state index in [4.69, 9.17) is 0 Å². The number of rotatable bonds is 2. The van der Waals surface area contributed by atoms with Gasteiger partial charge in [-0.1, -0.05) is 20.8 Å². The van der Waals surface area contributed by atoms with Crippen molar-refractivity contribution in [3.63, 3.8) is 0 Å². The van der Waals surface area contributed by atoms with Crippen LogP contribution in [0.5, 0.6) is 0 Å². The van der Waals surface area contributed by atoms with Crippen molar-refractivity contribution in [3.8, 4) is 0 Å². The first-order valence-electron chi connectivity index (χ1n) is 6.72. The molecule has 0 saturated heterocycles. The van der Waals surface area contributed by atoms with E-state index in [1.807, 2.05) is 12.5 Å². The number of nitrogens with one attached hydrogen (secondary N) is 1. The van der Waals surface area contributed by atoms with Crippen molar-refractivity contribution in [1.82, 2.24) is 14.9 Å². The highest BCUT2D eigenvalue weighted by molar-refractivity contribution is 5.12. The van der Waals surface area contributed by atoms with Gasteiger partial charge in [-0.3, -0.25) is 0 Å². The van der Waals surface area contributed by atoms with Gasteiger partial charge in [-0.15, -0.1) is 0 Å². The molecule has 1 heterocycles. The maximum Gasteiger partial charge on any atom is 0.0950 e. The van der Waals surface area contributed by atoms with Crippen LogP contribution in [0, 0.1) is 0 Å². The smallest absolute Gasteiger partial charge is 0.0950 e. The summed E-state index contributed by atoms with van der Waals surface area (Å²) in [6.07, 6.45) is 9.15. The third-order valence-electron chi connectivity index (χ3n) is 3.93.